The molecule has 3 aromatic carbocycles. The van der Waals surface area contributed by atoms with Gasteiger partial charge in [-0.2, -0.15) is 13.2 Å². The third-order valence-corrected chi connectivity index (χ3v) is 6.31. The number of amides is 4. The van der Waals surface area contributed by atoms with Gasteiger partial charge in [-0.25, -0.2) is 4.79 Å². The first-order valence-corrected chi connectivity index (χ1v) is 13.7. The first-order chi connectivity index (χ1) is 22.0. The van der Waals surface area contributed by atoms with Crippen molar-refractivity contribution in [2.75, 3.05) is 29.4 Å². The zero-order valence-corrected chi connectivity index (χ0v) is 25.0. The topological polar surface area (TPSA) is 213 Å². The summed E-state index contributed by atoms with van der Waals surface area (Å²) in [4.78, 5) is 69.2. The lowest BCUT2D eigenvalue weighted by Crippen LogP contribution is -2.38. The molecular formula is C31H32F3N5O8. The third-order valence-electron chi connectivity index (χ3n) is 6.31. The van der Waals surface area contributed by atoms with E-state index in [2.05, 4.69) is 5.32 Å². The summed E-state index contributed by atoms with van der Waals surface area (Å²) >= 11 is 0. The molecule has 0 spiro atoms. The van der Waals surface area contributed by atoms with E-state index in [4.69, 9.17) is 26.5 Å². The SMILES string of the molecule is CC(=O)NCC(=O)N1CCc2ccc(C(N)=O)cc21.NCc1cccc(C(=O)N(CC(=O)O)c2ccccc2)c1.O=C(O)C(F)(F)F. The molecule has 47 heavy (non-hydrogen) atoms. The molecule has 16 heteroatoms. The number of hydrogen-bond donors (Lipinski definition) is 5. The molecule has 0 aliphatic carbocycles. The number of primary amides is 1. The second-order valence-electron chi connectivity index (χ2n) is 9.74. The van der Waals surface area contributed by atoms with Crippen LogP contribution in [0.1, 0.15) is 38.8 Å². The van der Waals surface area contributed by atoms with Crippen LogP contribution in [0.5, 0.6) is 0 Å². The molecule has 0 fully saturated rings. The molecule has 0 atom stereocenters. The highest BCUT2D eigenvalue weighted by atomic mass is 19.4. The van der Waals surface area contributed by atoms with Crippen LogP contribution in [0, 0.1) is 0 Å². The molecule has 1 aliphatic heterocycles. The fourth-order valence-corrected chi connectivity index (χ4v) is 4.10. The molecule has 13 nitrogen and oxygen atoms in total. The van der Waals surface area contributed by atoms with E-state index in [0.717, 1.165) is 17.5 Å². The van der Waals surface area contributed by atoms with Gasteiger partial charge < -0.3 is 31.9 Å². The number of para-hydroxylation sites is 1. The number of alkyl halides is 3. The summed E-state index contributed by atoms with van der Waals surface area (Å²) in [5.41, 5.74) is 14.7. The number of aliphatic carboxylic acids is 2. The molecule has 0 saturated carbocycles. The number of halogens is 3. The molecule has 3 aromatic rings. The van der Waals surface area contributed by atoms with E-state index in [9.17, 15) is 37.1 Å². The summed E-state index contributed by atoms with van der Waals surface area (Å²) in [6.45, 7) is 1.79. The molecule has 4 rings (SSSR count). The Balaban J connectivity index is 0.000000274. The van der Waals surface area contributed by atoms with Gasteiger partial charge in [0.05, 0.1) is 6.54 Å². The number of fused-ring (bicyclic) bond motifs is 1. The zero-order chi connectivity index (χ0) is 35.3. The van der Waals surface area contributed by atoms with Crippen LogP contribution in [-0.4, -0.2) is 71.6 Å². The minimum Gasteiger partial charge on any atom is -0.480 e. The van der Waals surface area contributed by atoms with Crippen molar-refractivity contribution in [3.8, 4) is 0 Å². The van der Waals surface area contributed by atoms with Gasteiger partial charge in [-0.15, -0.1) is 0 Å². The van der Waals surface area contributed by atoms with Crippen molar-refractivity contribution in [1.29, 1.82) is 0 Å². The summed E-state index contributed by atoms with van der Waals surface area (Å²) in [5, 5.41) is 18.6. The van der Waals surface area contributed by atoms with E-state index in [1.807, 2.05) is 12.1 Å². The lowest BCUT2D eigenvalue weighted by atomic mass is 10.1. The predicted octanol–water partition coefficient (Wildman–Crippen LogP) is 2.32. The lowest BCUT2D eigenvalue weighted by Gasteiger charge is -2.21. The Bertz CT molecular complexity index is 1620. The number of carboxylic acids is 2. The summed E-state index contributed by atoms with van der Waals surface area (Å²) in [5.74, 6) is -5.16. The highest BCUT2D eigenvalue weighted by Crippen LogP contribution is 2.29. The molecule has 7 N–H and O–H groups in total. The van der Waals surface area contributed by atoms with Crippen molar-refractivity contribution in [2.45, 2.75) is 26.1 Å². The summed E-state index contributed by atoms with van der Waals surface area (Å²) < 4.78 is 31.7. The Morgan fingerprint density at radius 3 is 2.09 bits per heavy atom. The molecule has 250 valence electrons. The first-order valence-electron chi connectivity index (χ1n) is 13.7. The van der Waals surface area contributed by atoms with Crippen LogP contribution in [0.25, 0.3) is 0 Å². The third kappa shape index (κ3) is 11.6. The van der Waals surface area contributed by atoms with Crippen molar-refractivity contribution in [3.63, 3.8) is 0 Å². The van der Waals surface area contributed by atoms with E-state index in [1.165, 1.54) is 11.8 Å². The number of nitrogens with one attached hydrogen (secondary N) is 1. The normalized spacial score (nSPS) is 11.5. The molecule has 1 aliphatic rings. The Kier molecular flexibility index (Phi) is 13.6. The molecule has 0 bridgehead atoms. The number of anilines is 2. The van der Waals surface area contributed by atoms with Gasteiger partial charge in [0.15, 0.2) is 0 Å². The van der Waals surface area contributed by atoms with Crippen LogP contribution in [0.2, 0.25) is 0 Å². The Morgan fingerprint density at radius 2 is 1.55 bits per heavy atom. The number of carboxylic acid groups (broad SMARTS) is 2. The summed E-state index contributed by atoms with van der Waals surface area (Å²) in [6.07, 6.45) is -4.35. The van der Waals surface area contributed by atoms with Crippen LogP contribution in [0.15, 0.2) is 72.8 Å². The largest absolute Gasteiger partial charge is 0.490 e. The van der Waals surface area contributed by atoms with Gasteiger partial charge in [0.25, 0.3) is 5.91 Å². The van der Waals surface area contributed by atoms with Gasteiger partial charge >= 0.3 is 18.1 Å². The maximum Gasteiger partial charge on any atom is 0.490 e. The molecular weight excluding hydrogens is 627 g/mol. The number of nitrogens with two attached hydrogens (primary N) is 2. The first kappa shape index (κ1) is 37.4. The minimum absolute atomic E-state index is 0.0461. The average Bonchev–Trinajstić information content (AvgIpc) is 3.46. The number of hydrogen-bond acceptors (Lipinski definition) is 7. The molecule has 0 unspecified atom stereocenters. The van der Waals surface area contributed by atoms with E-state index < -0.39 is 30.6 Å². The number of benzene rings is 3. The zero-order valence-electron chi connectivity index (χ0n) is 25.0. The molecule has 4 amide bonds. The lowest BCUT2D eigenvalue weighted by molar-refractivity contribution is -0.192. The van der Waals surface area contributed by atoms with Gasteiger partial charge in [0.1, 0.15) is 6.54 Å². The van der Waals surface area contributed by atoms with Crippen LogP contribution in [0.3, 0.4) is 0 Å². The average molecular weight is 660 g/mol. The van der Waals surface area contributed by atoms with Crippen molar-refractivity contribution in [3.05, 3.63) is 95.1 Å². The van der Waals surface area contributed by atoms with Crippen LogP contribution in [0.4, 0.5) is 24.5 Å². The monoisotopic (exact) mass is 659 g/mol. The van der Waals surface area contributed by atoms with Crippen LogP contribution in [-0.2, 0) is 32.1 Å². The van der Waals surface area contributed by atoms with Gasteiger partial charge in [-0.05, 0) is 53.9 Å². The molecule has 0 aromatic heterocycles. The number of carbonyl (C=O) groups is 6. The Morgan fingerprint density at radius 1 is 0.915 bits per heavy atom. The fraction of sp³-hybridized carbons (Fsp3) is 0.226. The maximum absolute atomic E-state index is 12.6. The van der Waals surface area contributed by atoms with Crippen molar-refractivity contribution < 1.29 is 52.2 Å². The second-order valence-corrected chi connectivity index (χ2v) is 9.74. The van der Waals surface area contributed by atoms with E-state index in [0.29, 0.717) is 35.6 Å². The summed E-state index contributed by atoms with van der Waals surface area (Å²) in [7, 11) is 0. The van der Waals surface area contributed by atoms with Gasteiger partial charge in [0.2, 0.25) is 17.7 Å². The molecule has 0 saturated heterocycles. The van der Waals surface area contributed by atoms with Crippen molar-refractivity contribution >= 4 is 46.9 Å². The molecule has 1 heterocycles. The number of rotatable bonds is 8. The quantitative estimate of drug-likeness (QED) is 0.240. The van der Waals surface area contributed by atoms with Crippen molar-refractivity contribution in [1.82, 2.24) is 5.32 Å². The molecule has 0 radical (unpaired) electrons. The highest BCUT2D eigenvalue weighted by Gasteiger charge is 2.38. The number of carbonyl (C=O) groups excluding carboxylic acids is 4. The summed E-state index contributed by atoms with van der Waals surface area (Å²) in [6, 6.07) is 20.7. The van der Waals surface area contributed by atoms with Gasteiger partial charge in [-0.1, -0.05) is 36.4 Å². The Hall–Kier alpha value is -5.77. The smallest absolute Gasteiger partial charge is 0.480 e. The van der Waals surface area contributed by atoms with Gasteiger partial charge in [-0.3, -0.25) is 28.9 Å². The fourth-order valence-electron chi connectivity index (χ4n) is 4.10. The second kappa shape index (κ2) is 17.1. The Labute approximate surface area is 266 Å². The van der Waals surface area contributed by atoms with Gasteiger partial charge in [0, 0.05) is 42.5 Å². The van der Waals surface area contributed by atoms with Crippen LogP contribution < -0.4 is 26.6 Å². The standard InChI is InChI=1S/C16H16N2O3.C13H15N3O3.C2HF3O2/c17-10-12-5-4-6-13(9-12)16(21)18(11-15(19)20)14-7-2-1-3-8-14;1-8(17)15-7-12(18)16-5-4-9-2-3-10(13(14)19)6-11(9)16;3-2(4,5)1(6)7/h1-9H,10-11,17H2,(H,19,20);2-3,6H,4-5,7H2,1H3,(H2,14,19)(H,15,17);(H,6,7). The van der Waals surface area contributed by atoms with Crippen molar-refractivity contribution in [2.24, 2.45) is 11.5 Å². The predicted molar refractivity (Wildman–Crippen MR) is 163 cm³/mol. The van der Waals surface area contributed by atoms with E-state index in [-0.39, 0.29) is 24.3 Å². The van der Waals surface area contributed by atoms with E-state index >= 15 is 0 Å². The van der Waals surface area contributed by atoms with E-state index in [1.54, 1.807) is 65.6 Å². The highest BCUT2D eigenvalue weighted by molar-refractivity contribution is 6.08. The number of nitrogens with zero attached hydrogens (tertiary/aromatic N) is 2. The van der Waals surface area contributed by atoms with Crippen LogP contribution >= 0.6 is 0 Å². The maximum atomic E-state index is 12.6. The minimum atomic E-state index is -5.08.